The fraction of sp³-hybridized carbons (Fsp3) is 0.409. The van der Waals surface area contributed by atoms with Gasteiger partial charge in [-0.3, -0.25) is 14.6 Å². The van der Waals surface area contributed by atoms with Crippen molar-refractivity contribution in [3.8, 4) is 0 Å². The zero-order chi connectivity index (χ0) is 19.4. The van der Waals surface area contributed by atoms with E-state index in [0.29, 0.717) is 6.54 Å². The van der Waals surface area contributed by atoms with Crippen molar-refractivity contribution >= 4 is 11.6 Å². The Balaban J connectivity index is 1.50. The van der Waals surface area contributed by atoms with Crippen molar-refractivity contribution in [2.75, 3.05) is 38.0 Å². The minimum atomic E-state index is -0.193. The summed E-state index contributed by atoms with van der Waals surface area (Å²) in [6.45, 7) is 9.98. The lowest BCUT2D eigenvalue weighted by Gasteiger charge is -2.38. The third kappa shape index (κ3) is 4.93. The zero-order valence-corrected chi connectivity index (χ0v) is 16.3. The van der Waals surface area contributed by atoms with Crippen molar-refractivity contribution in [3.63, 3.8) is 0 Å². The molecule has 2 aromatic carbocycles. The van der Waals surface area contributed by atoms with Crippen LogP contribution in [0.2, 0.25) is 0 Å². The molecule has 1 atom stereocenters. The number of amides is 1. The van der Waals surface area contributed by atoms with Gasteiger partial charge in [0.1, 0.15) is 5.82 Å². The van der Waals surface area contributed by atoms with Crippen molar-refractivity contribution in [1.29, 1.82) is 0 Å². The molecule has 4 nitrogen and oxygen atoms in total. The second-order valence-corrected chi connectivity index (χ2v) is 7.34. The molecule has 1 unspecified atom stereocenters. The van der Waals surface area contributed by atoms with E-state index in [0.717, 1.165) is 43.0 Å². The summed E-state index contributed by atoms with van der Waals surface area (Å²) in [4.78, 5) is 16.9. The Morgan fingerprint density at radius 2 is 1.81 bits per heavy atom. The number of piperazine rings is 1. The Bertz CT molecular complexity index is 800. The Morgan fingerprint density at radius 1 is 1.11 bits per heavy atom. The van der Waals surface area contributed by atoms with Gasteiger partial charge in [0.25, 0.3) is 0 Å². The first-order valence-electron chi connectivity index (χ1n) is 9.52. The summed E-state index contributed by atoms with van der Waals surface area (Å²) in [5, 5.41) is 3.03. The maximum Gasteiger partial charge on any atom is 0.238 e. The SMILES string of the molecule is Cc1cccc(NC(=O)CN2CCN(C(C)c3cccc(F)c3)CC2)c1C. The fourth-order valence-corrected chi connectivity index (χ4v) is 3.57. The van der Waals surface area contributed by atoms with Crippen molar-refractivity contribution in [1.82, 2.24) is 9.80 Å². The molecule has 0 aromatic heterocycles. The van der Waals surface area contributed by atoms with Crippen molar-refractivity contribution < 1.29 is 9.18 Å². The molecular weight excluding hydrogens is 341 g/mol. The largest absolute Gasteiger partial charge is 0.325 e. The van der Waals surface area contributed by atoms with Crippen LogP contribution >= 0.6 is 0 Å². The highest BCUT2D eigenvalue weighted by Gasteiger charge is 2.23. The summed E-state index contributed by atoms with van der Waals surface area (Å²) in [6.07, 6.45) is 0. The normalized spacial score (nSPS) is 16.9. The predicted molar refractivity (Wildman–Crippen MR) is 107 cm³/mol. The van der Waals surface area contributed by atoms with Gasteiger partial charge in [-0.1, -0.05) is 24.3 Å². The van der Waals surface area contributed by atoms with E-state index in [1.54, 1.807) is 12.1 Å². The van der Waals surface area contributed by atoms with Crippen LogP contribution in [0.1, 0.15) is 29.7 Å². The lowest BCUT2D eigenvalue weighted by atomic mass is 10.1. The molecule has 1 fully saturated rings. The summed E-state index contributed by atoms with van der Waals surface area (Å²) in [7, 11) is 0. The summed E-state index contributed by atoms with van der Waals surface area (Å²) >= 11 is 0. The van der Waals surface area contributed by atoms with Crippen molar-refractivity contribution in [2.45, 2.75) is 26.8 Å². The average Bonchev–Trinajstić information content (AvgIpc) is 2.65. The number of carbonyl (C=O) groups excluding carboxylic acids is 1. The number of hydrogen-bond acceptors (Lipinski definition) is 3. The maximum absolute atomic E-state index is 13.5. The van der Waals surface area contributed by atoms with Crippen LogP contribution in [0.15, 0.2) is 42.5 Å². The second kappa shape index (κ2) is 8.63. The topological polar surface area (TPSA) is 35.6 Å². The van der Waals surface area contributed by atoms with Crippen LogP contribution in [0.4, 0.5) is 10.1 Å². The monoisotopic (exact) mass is 369 g/mol. The third-order valence-corrected chi connectivity index (χ3v) is 5.53. The Kier molecular flexibility index (Phi) is 6.24. The van der Waals surface area contributed by atoms with Gasteiger partial charge in [-0.25, -0.2) is 4.39 Å². The minimum Gasteiger partial charge on any atom is -0.325 e. The van der Waals surface area contributed by atoms with Crippen LogP contribution in [0.3, 0.4) is 0 Å². The number of nitrogens with one attached hydrogen (secondary N) is 1. The van der Waals surface area contributed by atoms with Gasteiger partial charge in [0.2, 0.25) is 5.91 Å². The quantitative estimate of drug-likeness (QED) is 0.872. The number of aryl methyl sites for hydroxylation is 1. The Labute approximate surface area is 161 Å². The van der Waals surface area contributed by atoms with Crippen molar-refractivity contribution in [3.05, 3.63) is 65.0 Å². The molecule has 5 heteroatoms. The number of hydrogen-bond donors (Lipinski definition) is 1. The van der Waals surface area contributed by atoms with Crippen molar-refractivity contribution in [2.24, 2.45) is 0 Å². The summed E-state index contributed by atoms with van der Waals surface area (Å²) < 4.78 is 13.5. The number of halogens is 1. The molecule has 1 N–H and O–H groups in total. The van der Waals surface area contributed by atoms with Crippen LogP contribution < -0.4 is 5.32 Å². The van der Waals surface area contributed by atoms with Gasteiger partial charge in [0.05, 0.1) is 6.54 Å². The number of rotatable bonds is 5. The molecule has 0 bridgehead atoms. The Hall–Kier alpha value is -2.24. The highest BCUT2D eigenvalue weighted by Crippen LogP contribution is 2.22. The van der Waals surface area contributed by atoms with Crippen LogP contribution in [0.25, 0.3) is 0 Å². The van der Waals surface area contributed by atoms with Gasteiger partial charge in [-0.2, -0.15) is 0 Å². The first-order chi connectivity index (χ1) is 12.9. The lowest BCUT2D eigenvalue weighted by Crippen LogP contribution is -2.49. The standard InChI is InChI=1S/C22H28FN3O/c1-16-6-4-9-21(17(16)2)24-22(27)15-25-10-12-26(13-11-25)18(3)19-7-5-8-20(23)14-19/h4-9,14,18H,10-13,15H2,1-3H3,(H,24,27). The van der Waals surface area contributed by atoms with E-state index in [2.05, 4.69) is 22.0 Å². The maximum atomic E-state index is 13.5. The van der Waals surface area contributed by atoms with Crippen LogP contribution in [-0.4, -0.2) is 48.4 Å². The number of anilines is 1. The van der Waals surface area contributed by atoms with E-state index >= 15 is 0 Å². The molecule has 144 valence electrons. The summed E-state index contributed by atoms with van der Waals surface area (Å²) in [6, 6.07) is 12.9. The predicted octanol–water partition coefficient (Wildman–Crippen LogP) is 3.76. The van der Waals surface area contributed by atoms with Gasteiger partial charge < -0.3 is 5.32 Å². The molecule has 2 aromatic rings. The van der Waals surface area contributed by atoms with Crippen LogP contribution in [0.5, 0.6) is 0 Å². The van der Waals surface area contributed by atoms with E-state index in [1.807, 2.05) is 38.1 Å². The molecule has 1 aliphatic heterocycles. The molecule has 1 saturated heterocycles. The summed E-state index contributed by atoms with van der Waals surface area (Å²) in [5.74, 6) is -0.170. The molecule has 0 aliphatic carbocycles. The van der Waals surface area contributed by atoms with E-state index in [1.165, 1.54) is 11.6 Å². The van der Waals surface area contributed by atoms with Gasteiger partial charge in [-0.05, 0) is 55.7 Å². The molecule has 3 rings (SSSR count). The summed E-state index contributed by atoms with van der Waals surface area (Å²) in [5.41, 5.74) is 4.17. The molecule has 27 heavy (non-hydrogen) atoms. The van der Waals surface area contributed by atoms with E-state index in [4.69, 9.17) is 0 Å². The second-order valence-electron chi connectivity index (χ2n) is 7.34. The van der Waals surface area contributed by atoms with E-state index in [-0.39, 0.29) is 17.8 Å². The van der Waals surface area contributed by atoms with Gasteiger partial charge in [0.15, 0.2) is 0 Å². The first kappa shape index (κ1) is 19.5. The molecule has 1 aliphatic rings. The third-order valence-electron chi connectivity index (χ3n) is 5.53. The molecule has 0 saturated carbocycles. The minimum absolute atomic E-state index is 0.0235. The molecule has 0 spiro atoms. The van der Waals surface area contributed by atoms with E-state index in [9.17, 15) is 9.18 Å². The van der Waals surface area contributed by atoms with Gasteiger partial charge in [-0.15, -0.1) is 0 Å². The number of nitrogens with zero attached hydrogens (tertiary/aromatic N) is 2. The van der Waals surface area contributed by atoms with Gasteiger partial charge >= 0.3 is 0 Å². The highest BCUT2D eigenvalue weighted by atomic mass is 19.1. The molecule has 0 radical (unpaired) electrons. The molecule has 1 amide bonds. The highest BCUT2D eigenvalue weighted by molar-refractivity contribution is 5.93. The number of benzene rings is 2. The Morgan fingerprint density at radius 3 is 2.52 bits per heavy atom. The molecule has 1 heterocycles. The van der Waals surface area contributed by atoms with Crippen LogP contribution in [0, 0.1) is 19.7 Å². The van der Waals surface area contributed by atoms with E-state index < -0.39 is 0 Å². The van der Waals surface area contributed by atoms with Crippen LogP contribution in [-0.2, 0) is 4.79 Å². The lowest BCUT2D eigenvalue weighted by molar-refractivity contribution is -0.117. The fourth-order valence-electron chi connectivity index (χ4n) is 3.57. The zero-order valence-electron chi connectivity index (χ0n) is 16.3. The average molecular weight is 369 g/mol. The smallest absolute Gasteiger partial charge is 0.238 e. The first-order valence-corrected chi connectivity index (χ1v) is 9.52. The van der Waals surface area contributed by atoms with Gasteiger partial charge in [0, 0.05) is 37.9 Å². The molecular formula is C22H28FN3O. The number of carbonyl (C=O) groups is 1.